The first-order chi connectivity index (χ1) is 15.1. The van der Waals surface area contributed by atoms with Crippen molar-refractivity contribution >= 4 is 29.3 Å². The van der Waals surface area contributed by atoms with Gasteiger partial charge in [0.1, 0.15) is 5.65 Å². The van der Waals surface area contributed by atoms with E-state index in [9.17, 15) is 4.79 Å². The summed E-state index contributed by atoms with van der Waals surface area (Å²) in [6, 6.07) is 4.51. The third kappa shape index (κ3) is 5.53. The predicted molar refractivity (Wildman–Crippen MR) is 128 cm³/mol. The van der Waals surface area contributed by atoms with Crippen molar-refractivity contribution in [1.29, 1.82) is 0 Å². The largest absolute Gasteiger partial charge is 0.356 e. The van der Waals surface area contributed by atoms with Crippen LogP contribution in [0.1, 0.15) is 36.9 Å². The topological polar surface area (TPSA) is 74.0 Å². The van der Waals surface area contributed by atoms with E-state index in [2.05, 4.69) is 44.1 Å². The summed E-state index contributed by atoms with van der Waals surface area (Å²) < 4.78 is 2.08. The van der Waals surface area contributed by atoms with Gasteiger partial charge in [-0.05, 0) is 44.2 Å². The molecule has 1 saturated carbocycles. The van der Waals surface area contributed by atoms with Crippen molar-refractivity contribution in [3.05, 3.63) is 35.8 Å². The molecule has 8 heteroatoms. The molecule has 7 nitrogen and oxygen atoms in total. The first-order valence-electron chi connectivity index (χ1n) is 11.4. The fourth-order valence-corrected chi connectivity index (χ4v) is 5.45. The van der Waals surface area contributed by atoms with Crippen LogP contribution < -0.4 is 10.6 Å². The van der Waals surface area contributed by atoms with E-state index in [0.717, 1.165) is 80.5 Å². The van der Waals surface area contributed by atoms with E-state index < -0.39 is 0 Å². The lowest BCUT2D eigenvalue weighted by Gasteiger charge is -2.34. The minimum atomic E-state index is 0.203. The van der Waals surface area contributed by atoms with Crippen molar-refractivity contribution in [1.82, 2.24) is 24.9 Å². The van der Waals surface area contributed by atoms with Crippen molar-refractivity contribution in [3.63, 3.8) is 0 Å². The summed E-state index contributed by atoms with van der Waals surface area (Å²) in [6.07, 6.45) is 8.96. The Balaban J connectivity index is 1.20. The molecular formula is C23H34N6OS. The molecule has 1 aliphatic carbocycles. The second-order valence-electron chi connectivity index (χ2n) is 8.53. The fraction of sp³-hybridized carbons (Fsp3) is 0.609. The van der Waals surface area contributed by atoms with Gasteiger partial charge in [0.2, 0.25) is 5.91 Å². The van der Waals surface area contributed by atoms with Gasteiger partial charge >= 0.3 is 0 Å². The van der Waals surface area contributed by atoms with Crippen LogP contribution in [-0.2, 0) is 11.2 Å². The van der Waals surface area contributed by atoms with E-state index in [-0.39, 0.29) is 5.92 Å². The molecule has 0 aromatic carbocycles. The van der Waals surface area contributed by atoms with Crippen LogP contribution in [0.25, 0.3) is 5.65 Å². The van der Waals surface area contributed by atoms with E-state index >= 15 is 0 Å². The van der Waals surface area contributed by atoms with Crippen molar-refractivity contribution in [2.45, 2.75) is 45.1 Å². The van der Waals surface area contributed by atoms with Crippen molar-refractivity contribution in [2.24, 2.45) is 10.9 Å². The van der Waals surface area contributed by atoms with Gasteiger partial charge in [-0.15, -0.1) is 0 Å². The Morgan fingerprint density at radius 1 is 1.26 bits per heavy atom. The van der Waals surface area contributed by atoms with Crippen molar-refractivity contribution in [2.75, 3.05) is 38.2 Å². The molecule has 2 N–H and O–H groups in total. The van der Waals surface area contributed by atoms with Gasteiger partial charge in [0, 0.05) is 69.0 Å². The Labute approximate surface area is 189 Å². The SMILES string of the molecule is CN=C(NCCc1cn2cccc(C)c2n1)NC1CCC(C(=O)N2CCSCC2)CC1. The molecule has 0 bridgehead atoms. The highest BCUT2D eigenvalue weighted by Gasteiger charge is 2.30. The number of fused-ring (bicyclic) bond motifs is 1. The quantitative estimate of drug-likeness (QED) is 0.550. The van der Waals surface area contributed by atoms with Crippen LogP contribution in [0.3, 0.4) is 0 Å². The van der Waals surface area contributed by atoms with E-state index in [1.54, 1.807) is 0 Å². The Kier molecular flexibility index (Phi) is 7.37. The summed E-state index contributed by atoms with van der Waals surface area (Å²) in [5.74, 6) is 3.58. The standard InChI is InChI=1S/C23H34N6OS/c1-17-4-3-11-29-16-20(26-21(17)29)9-10-25-23(24-2)27-19-7-5-18(6-8-19)22(30)28-12-14-31-15-13-28/h3-4,11,16,18-19H,5-10,12-15H2,1-2H3,(H2,24,25,27). The molecule has 1 aliphatic heterocycles. The zero-order valence-electron chi connectivity index (χ0n) is 18.6. The number of carbonyl (C=O) groups is 1. The Morgan fingerprint density at radius 3 is 2.74 bits per heavy atom. The number of pyridine rings is 1. The van der Waals surface area contributed by atoms with Gasteiger partial charge in [-0.2, -0.15) is 11.8 Å². The smallest absolute Gasteiger partial charge is 0.225 e. The van der Waals surface area contributed by atoms with Crippen LogP contribution in [0.2, 0.25) is 0 Å². The summed E-state index contributed by atoms with van der Waals surface area (Å²) >= 11 is 1.95. The highest BCUT2D eigenvalue weighted by atomic mass is 32.2. The lowest BCUT2D eigenvalue weighted by molar-refractivity contribution is -0.136. The average molecular weight is 443 g/mol. The van der Waals surface area contributed by atoms with Gasteiger partial charge in [-0.3, -0.25) is 9.79 Å². The maximum atomic E-state index is 12.8. The first kappa shape index (κ1) is 22.0. The van der Waals surface area contributed by atoms with Crippen LogP contribution in [0.5, 0.6) is 0 Å². The predicted octanol–water partition coefficient (Wildman–Crippen LogP) is 2.48. The van der Waals surface area contributed by atoms with Crippen LogP contribution >= 0.6 is 11.8 Å². The number of guanidine groups is 1. The number of nitrogens with one attached hydrogen (secondary N) is 2. The van der Waals surface area contributed by atoms with Crippen molar-refractivity contribution < 1.29 is 4.79 Å². The number of imidazole rings is 1. The highest BCUT2D eigenvalue weighted by Crippen LogP contribution is 2.27. The number of thioether (sulfide) groups is 1. The number of rotatable bonds is 5. The third-order valence-electron chi connectivity index (χ3n) is 6.36. The van der Waals surface area contributed by atoms with Crippen LogP contribution in [0.4, 0.5) is 0 Å². The number of nitrogens with zero attached hydrogens (tertiary/aromatic N) is 4. The molecule has 4 rings (SSSR count). The minimum absolute atomic E-state index is 0.203. The Morgan fingerprint density at radius 2 is 2.03 bits per heavy atom. The molecule has 31 heavy (non-hydrogen) atoms. The monoisotopic (exact) mass is 442 g/mol. The number of hydrogen-bond acceptors (Lipinski definition) is 4. The number of hydrogen-bond donors (Lipinski definition) is 2. The van der Waals surface area contributed by atoms with Gasteiger partial charge in [0.05, 0.1) is 5.69 Å². The van der Waals surface area contributed by atoms with Crippen LogP contribution in [-0.4, -0.2) is 70.4 Å². The average Bonchev–Trinajstić information content (AvgIpc) is 3.23. The van der Waals surface area contributed by atoms with Crippen LogP contribution in [0, 0.1) is 12.8 Å². The molecule has 2 fully saturated rings. The minimum Gasteiger partial charge on any atom is -0.356 e. The molecule has 0 unspecified atom stereocenters. The van der Waals surface area contributed by atoms with E-state index in [4.69, 9.17) is 4.98 Å². The van der Waals surface area contributed by atoms with E-state index in [1.807, 2.05) is 31.1 Å². The second-order valence-corrected chi connectivity index (χ2v) is 9.76. The molecule has 2 aliphatic rings. The molecule has 168 valence electrons. The molecule has 0 radical (unpaired) electrons. The van der Waals surface area contributed by atoms with E-state index in [1.165, 1.54) is 5.56 Å². The van der Waals surface area contributed by atoms with Gasteiger partial charge < -0.3 is 19.9 Å². The number of amides is 1. The third-order valence-corrected chi connectivity index (χ3v) is 7.31. The number of aryl methyl sites for hydroxylation is 1. The Hall–Kier alpha value is -2.22. The lowest BCUT2D eigenvalue weighted by atomic mass is 9.85. The normalized spacial score (nSPS) is 22.5. The summed E-state index contributed by atoms with van der Waals surface area (Å²) in [5, 5.41) is 6.97. The summed E-state index contributed by atoms with van der Waals surface area (Å²) in [6.45, 7) is 4.71. The maximum absolute atomic E-state index is 12.8. The van der Waals surface area contributed by atoms with Gasteiger partial charge in [-0.25, -0.2) is 4.98 Å². The molecule has 0 atom stereocenters. The highest BCUT2D eigenvalue weighted by molar-refractivity contribution is 7.99. The molecule has 2 aromatic heterocycles. The van der Waals surface area contributed by atoms with E-state index in [0.29, 0.717) is 11.9 Å². The summed E-state index contributed by atoms with van der Waals surface area (Å²) in [7, 11) is 1.81. The first-order valence-corrected chi connectivity index (χ1v) is 12.6. The lowest BCUT2D eigenvalue weighted by Crippen LogP contribution is -2.47. The summed E-state index contributed by atoms with van der Waals surface area (Å²) in [4.78, 5) is 24.0. The van der Waals surface area contributed by atoms with Crippen LogP contribution in [0.15, 0.2) is 29.5 Å². The second kappa shape index (κ2) is 10.4. The van der Waals surface area contributed by atoms with Gasteiger partial charge in [0.15, 0.2) is 5.96 Å². The molecule has 1 amide bonds. The van der Waals surface area contributed by atoms with Gasteiger partial charge in [-0.1, -0.05) is 6.07 Å². The zero-order chi connectivity index (χ0) is 21.6. The maximum Gasteiger partial charge on any atom is 0.225 e. The fourth-order valence-electron chi connectivity index (χ4n) is 4.55. The summed E-state index contributed by atoms with van der Waals surface area (Å²) in [5.41, 5.74) is 3.29. The Bertz CT molecular complexity index is 912. The zero-order valence-corrected chi connectivity index (χ0v) is 19.5. The molecule has 0 spiro atoms. The van der Waals surface area contributed by atoms with Gasteiger partial charge in [0.25, 0.3) is 0 Å². The molecule has 1 saturated heterocycles. The number of aromatic nitrogens is 2. The number of carbonyl (C=O) groups excluding carboxylic acids is 1. The molecular weight excluding hydrogens is 408 g/mol. The molecule has 2 aromatic rings. The van der Waals surface area contributed by atoms with Crippen molar-refractivity contribution in [3.8, 4) is 0 Å². The number of aliphatic imine (C=N–C) groups is 1. The molecule has 3 heterocycles.